The summed E-state index contributed by atoms with van der Waals surface area (Å²) in [6.45, 7) is 2.86. The molecule has 0 saturated carbocycles. The maximum Gasteiger partial charge on any atom is 0.344 e. The number of carbonyl (C=O) groups excluding carboxylic acids is 1. The van der Waals surface area contributed by atoms with Gasteiger partial charge in [0.1, 0.15) is 5.82 Å². The molecular formula is C20H16Br2N4O6. The smallest absolute Gasteiger partial charge is 0.344 e. The first-order valence-electron chi connectivity index (χ1n) is 9.21. The van der Waals surface area contributed by atoms with Gasteiger partial charge in [-0.2, -0.15) is 9.78 Å². The summed E-state index contributed by atoms with van der Waals surface area (Å²) >= 11 is 6.54. The molecule has 0 unspecified atom stereocenters. The number of nitro groups is 1. The molecule has 10 nitrogen and oxygen atoms in total. The maximum absolute atomic E-state index is 12.9. The Morgan fingerprint density at radius 1 is 1.28 bits per heavy atom. The van der Waals surface area contributed by atoms with Gasteiger partial charge in [-0.1, -0.05) is 31.9 Å². The van der Waals surface area contributed by atoms with Crippen molar-refractivity contribution in [1.29, 1.82) is 0 Å². The third-order valence-corrected chi connectivity index (χ3v) is 5.13. The van der Waals surface area contributed by atoms with Crippen molar-refractivity contribution in [3.8, 4) is 5.75 Å². The summed E-state index contributed by atoms with van der Waals surface area (Å²) in [5.41, 5.74) is -0.104. The summed E-state index contributed by atoms with van der Waals surface area (Å²) in [7, 11) is 0. The highest BCUT2D eigenvalue weighted by Crippen LogP contribution is 2.34. The van der Waals surface area contributed by atoms with Gasteiger partial charge in [0.25, 0.3) is 5.56 Å². The lowest BCUT2D eigenvalue weighted by molar-refractivity contribution is -0.385. The number of halogens is 2. The minimum absolute atomic E-state index is 0.145. The highest BCUT2D eigenvalue weighted by atomic mass is 79.9. The fraction of sp³-hybridized carbons (Fsp3) is 0.200. The van der Waals surface area contributed by atoms with Gasteiger partial charge in [-0.05, 0) is 38.1 Å². The molecule has 32 heavy (non-hydrogen) atoms. The molecule has 0 bridgehead atoms. The fourth-order valence-corrected chi connectivity index (χ4v) is 3.66. The topological polar surface area (TPSA) is 126 Å². The Kier molecular flexibility index (Phi) is 7.36. The summed E-state index contributed by atoms with van der Waals surface area (Å²) in [6.07, 6.45) is 1.23. The number of hydrogen-bond acceptors (Lipinski definition) is 8. The van der Waals surface area contributed by atoms with Crippen molar-refractivity contribution in [2.75, 3.05) is 13.2 Å². The van der Waals surface area contributed by atoms with Crippen molar-refractivity contribution in [3.63, 3.8) is 0 Å². The van der Waals surface area contributed by atoms with Gasteiger partial charge in [0.15, 0.2) is 6.61 Å². The number of rotatable bonds is 7. The third kappa shape index (κ3) is 5.19. The van der Waals surface area contributed by atoms with Crippen LogP contribution in [0.4, 0.5) is 5.69 Å². The van der Waals surface area contributed by atoms with Crippen molar-refractivity contribution in [1.82, 2.24) is 9.66 Å². The molecule has 0 aliphatic carbocycles. The number of benzene rings is 2. The first-order chi connectivity index (χ1) is 15.2. The predicted octanol–water partition coefficient (Wildman–Crippen LogP) is 3.96. The van der Waals surface area contributed by atoms with E-state index >= 15 is 0 Å². The predicted molar refractivity (Wildman–Crippen MR) is 124 cm³/mol. The molecule has 0 aliphatic heterocycles. The molecule has 0 aliphatic rings. The molecule has 0 amide bonds. The van der Waals surface area contributed by atoms with Crippen LogP contribution in [0.3, 0.4) is 0 Å². The van der Waals surface area contributed by atoms with Crippen LogP contribution >= 0.6 is 31.9 Å². The molecule has 3 rings (SSSR count). The van der Waals surface area contributed by atoms with Gasteiger partial charge in [0.05, 0.1) is 28.6 Å². The molecule has 0 saturated heterocycles. The summed E-state index contributed by atoms with van der Waals surface area (Å²) in [6, 6.07) is 7.87. The zero-order valence-corrected chi connectivity index (χ0v) is 20.0. The second-order valence-corrected chi connectivity index (χ2v) is 8.21. The third-order valence-electron chi connectivity index (χ3n) is 4.18. The Bertz CT molecular complexity index is 1310. The molecule has 166 valence electrons. The number of fused-ring (bicyclic) bond motifs is 1. The Hall–Kier alpha value is -3.12. The van der Waals surface area contributed by atoms with E-state index in [2.05, 4.69) is 41.9 Å². The monoisotopic (exact) mass is 566 g/mol. The zero-order chi connectivity index (χ0) is 23.4. The molecular weight excluding hydrogens is 552 g/mol. The van der Waals surface area contributed by atoms with Crippen LogP contribution in [0, 0.1) is 17.0 Å². The molecule has 2 aromatic carbocycles. The average Bonchev–Trinajstić information content (AvgIpc) is 2.73. The van der Waals surface area contributed by atoms with Crippen molar-refractivity contribution >= 4 is 60.6 Å². The second kappa shape index (κ2) is 10.0. The highest BCUT2D eigenvalue weighted by molar-refractivity contribution is 9.10. The number of ether oxygens (including phenoxy) is 2. The van der Waals surface area contributed by atoms with Gasteiger partial charge < -0.3 is 9.47 Å². The molecule has 0 radical (unpaired) electrons. The van der Waals surface area contributed by atoms with E-state index in [0.717, 1.165) is 4.68 Å². The minimum atomic E-state index is -0.677. The van der Waals surface area contributed by atoms with Crippen molar-refractivity contribution in [3.05, 3.63) is 71.1 Å². The quantitative estimate of drug-likeness (QED) is 0.183. The molecule has 3 aromatic rings. The van der Waals surface area contributed by atoms with E-state index in [1.165, 1.54) is 18.3 Å². The molecule has 0 fully saturated rings. The summed E-state index contributed by atoms with van der Waals surface area (Å²) in [4.78, 5) is 39.9. The van der Waals surface area contributed by atoms with E-state index in [-0.39, 0.29) is 23.6 Å². The van der Waals surface area contributed by atoms with E-state index < -0.39 is 23.1 Å². The molecule has 0 atom stereocenters. The summed E-state index contributed by atoms with van der Waals surface area (Å²) in [5, 5.41) is 16.1. The van der Waals surface area contributed by atoms with Crippen LogP contribution in [0.1, 0.15) is 18.3 Å². The van der Waals surface area contributed by atoms with Crippen LogP contribution in [-0.2, 0) is 9.53 Å². The van der Waals surface area contributed by atoms with E-state index in [4.69, 9.17) is 9.47 Å². The first-order valence-corrected chi connectivity index (χ1v) is 10.8. The van der Waals surface area contributed by atoms with Crippen LogP contribution < -0.4 is 10.3 Å². The first kappa shape index (κ1) is 23.5. The molecule has 0 spiro atoms. The largest absolute Gasteiger partial charge is 0.474 e. The number of hydrogen-bond donors (Lipinski definition) is 0. The van der Waals surface area contributed by atoms with Crippen LogP contribution in [-0.4, -0.2) is 40.0 Å². The van der Waals surface area contributed by atoms with Crippen LogP contribution in [0.15, 0.2) is 49.2 Å². The second-order valence-electron chi connectivity index (χ2n) is 6.38. The number of aromatic nitrogens is 2. The van der Waals surface area contributed by atoms with Crippen LogP contribution in [0.2, 0.25) is 0 Å². The van der Waals surface area contributed by atoms with E-state index in [1.807, 2.05) is 0 Å². The molecule has 12 heteroatoms. The number of nitro benzene ring substituents is 1. The lowest BCUT2D eigenvalue weighted by atomic mass is 10.2. The number of carbonyl (C=O) groups is 1. The normalized spacial score (nSPS) is 11.1. The van der Waals surface area contributed by atoms with Crippen molar-refractivity contribution < 1.29 is 19.2 Å². The fourth-order valence-electron chi connectivity index (χ4n) is 2.84. The van der Waals surface area contributed by atoms with Gasteiger partial charge in [0, 0.05) is 20.6 Å². The van der Waals surface area contributed by atoms with Gasteiger partial charge >= 0.3 is 11.7 Å². The summed E-state index contributed by atoms with van der Waals surface area (Å²) in [5.74, 6) is -0.541. The Morgan fingerprint density at radius 2 is 2.03 bits per heavy atom. The van der Waals surface area contributed by atoms with Gasteiger partial charge in [-0.25, -0.2) is 9.78 Å². The van der Waals surface area contributed by atoms with Gasteiger partial charge in [-0.15, -0.1) is 0 Å². The van der Waals surface area contributed by atoms with Crippen molar-refractivity contribution in [2.24, 2.45) is 5.10 Å². The van der Waals surface area contributed by atoms with Crippen LogP contribution in [0.5, 0.6) is 5.75 Å². The van der Waals surface area contributed by atoms with E-state index in [1.54, 1.807) is 32.0 Å². The lowest BCUT2D eigenvalue weighted by Gasteiger charge is -2.10. The maximum atomic E-state index is 12.9. The number of nitrogens with zero attached hydrogens (tertiary/aromatic N) is 4. The average molecular weight is 568 g/mol. The molecule has 0 N–H and O–H groups in total. The summed E-state index contributed by atoms with van der Waals surface area (Å²) < 4.78 is 12.4. The Labute approximate surface area is 198 Å². The van der Waals surface area contributed by atoms with Gasteiger partial charge in [0.2, 0.25) is 5.75 Å². The lowest BCUT2D eigenvalue weighted by Crippen LogP contribution is -2.21. The Balaban J connectivity index is 2.09. The SMILES string of the molecule is CCOC(=O)COc1c(C=Nn2c(C)nc3ccc(Br)cc3c2=O)cc(Br)cc1[N+](=O)[O-]. The van der Waals surface area contributed by atoms with Gasteiger partial charge in [-0.3, -0.25) is 14.9 Å². The number of esters is 1. The van der Waals surface area contributed by atoms with E-state index in [0.29, 0.717) is 25.7 Å². The molecule has 1 heterocycles. The minimum Gasteiger partial charge on any atom is -0.474 e. The standard InChI is InChI=1S/C20H16Br2N4O6/c1-3-31-18(27)10-32-19-12(6-14(22)8-17(19)26(29)30)9-23-25-11(2)24-16-5-4-13(21)7-15(16)20(25)28/h4-9H,3,10H2,1-2H3. The molecule has 1 aromatic heterocycles. The number of aryl methyl sites for hydroxylation is 1. The highest BCUT2D eigenvalue weighted by Gasteiger charge is 2.22. The van der Waals surface area contributed by atoms with E-state index in [9.17, 15) is 19.7 Å². The zero-order valence-electron chi connectivity index (χ0n) is 16.9. The Morgan fingerprint density at radius 3 is 2.72 bits per heavy atom. The van der Waals surface area contributed by atoms with Crippen molar-refractivity contribution in [2.45, 2.75) is 13.8 Å². The van der Waals surface area contributed by atoms with Crippen LogP contribution in [0.25, 0.3) is 10.9 Å².